The van der Waals surface area contributed by atoms with Crippen LogP contribution in [-0.2, 0) is 6.18 Å². The smallest absolute Gasteiger partial charge is 0.416 e. The first-order valence-corrected chi connectivity index (χ1v) is 11.1. The van der Waals surface area contributed by atoms with Crippen molar-refractivity contribution < 1.29 is 22.7 Å². The van der Waals surface area contributed by atoms with Crippen LogP contribution in [-0.4, -0.2) is 48.5 Å². The third-order valence-electron chi connectivity index (χ3n) is 7.05. The minimum absolute atomic E-state index is 0.197. The lowest BCUT2D eigenvalue weighted by Gasteiger charge is -2.48. The van der Waals surface area contributed by atoms with Crippen LogP contribution >= 0.6 is 0 Å². The van der Waals surface area contributed by atoms with E-state index in [-0.39, 0.29) is 11.9 Å². The van der Waals surface area contributed by atoms with E-state index >= 15 is 0 Å². The Morgan fingerprint density at radius 2 is 1.72 bits per heavy atom. The Balaban J connectivity index is 1.49. The molecule has 2 aromatic rings. The fourth-order valence-corrected chi connectivity index (χ4v) is 5.15. The maximum atomic E-state index is 13.0. The molecule has 0 radical (unpaired) electrons. The number of benzene rings is 2. The monoisotopic (exact) mass is 446 g/mol. The number of hydrogen-bond acceptors (Lipinski definition) is 3. The maximum Gasteiger partial charge on any atom is 0.416 e. The molecule has 2 fully saturated rings. The van der Waals surface area contributed by atoms with E-state index in [1.807, 2.05) is 6.07 Å². The van der Waals surface area contributed by atoms with Crippen molar-refractivity contribution in [2.24, 2.45) is 0 Å². The second-order valence-corrected chi connectivity index (χ2v) is 8.77. The lowest BCUT2D eigenvalue weighted by atomic mass is 9.86. The summed E-state index contributed by atoms with van der Waals surface area (Å²) >= 11 is 0. The Morgan fingerprint density at radius 3 is 2.38 bits per heavy atom. The van der Waals surface area contributed by atoms with Gasteiger partial charge in [-0.05, 0) is 80.1 Å². The summed E-state index contributed by atoms with van der Waals surface area (Å²) in [7, 11) is 1.69. The Hall–Kier alpha value is -2.54. The lowest BCUT2D eigenvalue weighted by Crippen LogP contribution is -2.57. The van der Waals surface area contributed by atoms with Gasteiger partial charge in [0, 0.05) is 37.3 Å². The average Bonchev–Trinajstić information content (AvgIpc) is 2.79. The fourth-order valence-electron chi connectivity index (χ4n) is 5.15. The molecule has 172 valence electrons. The summed E-state index contributed by atoms with van der Waals surface area (Å²) in [5, 5.41) is 0. The fraction of sp³-hybridized carbons (Fsp3) is 0.480. The van der Waals surface area contributed by atoms with Gasteiger partial charge in [0.25, 0.3) is 5.91 Å². The van der Waals surface area contributed by atoms with Crippen molar-refractivity contribution >= 4 is 5.91 Å². The minimum Gasteiger partial charge on any atom is -0.496 e. The molecule has 2 unspecified atom stereocenters. The van der Waals surface area contributed by atoms with Gasteiger partial charge in [-0.15, -0.1) is 0 Å². The quantitative estimate of drug-likeness (QED) is 0.635. The molecule has 4 rings (SSSR count). The normalized spacial score (nSPS) is 21.9. The molecular weight excluding hydrogens is 417 g/mol. The Morgan fingerprint density at radius 1 is 1.00 bits per heavy atom. The molecule has 1 amide bonds. The van der Waals surface area contributed by atoms with Crippen LogP contribution in [0, 0.1) is 13.8 Å². The molecule has 0 saturated carbocycles. The topological polar surface area (TPSA) is 32.8 Å². The summed E-state index contributed by atoms with van der Waals surface area (Å²) in [5.41, 5.74) is 3.29. The predicted molar refractivity (Wildman–Crippen MR) is 117 cm³/mol. The molecule has 0 N–H and O–H groups in total. The van der Waals surface area contributed by atoms with Crippen molar-refractivity contribution in [3.63, 3.8) is 0 Å². The molecule has 0 aliphatic carbocycles. The summed E-state index contributed by atoms with van der Waals surface area (Å²) in [4.78, 5) is 17.3. The summed E-state index contributed by atoms with van der Waals surface area (Å²) < 4.78 is 43.9. The van der Waals surface area contributed by atoms with E-state index in [2.05, 4.69) is 24.8 Å². The third kappa shape index (κ3) is 4.22. The maximum absolute atomic E-state index is 13.0. The van der Waals surface area contributed by atoms with Crippen LogP contribution in [0.3, 0.4) is 0 Å². The van der Waals surface area contributed by atoms with E-state index in [4.69, 9.17) is 4.74 Å². The van der Waals surface area contributed by atoms with Gasteiger partial charge in [0.05, 0.1) is 12.7 Å². The molecule has 2 aromatic carbocycles. The van der Waals surface area contributed by atoms with Gasteiger partial charge in [0.15, 0.2) is 0 Å². The number of amides is 1. The predicted octanol–water partition coefficient (Wildman–Crippen LogP) is 5.38. The highest BCUT2D eigenvalue weighted by molar-refractivity contribution is 5.94. The van der Waals surface area contributed by atoms with Gasteiger partial charge in [-0.1, -0.05) is 6.07 Å². The molecule has 2 saturated heterocycles. The molecule has 4 nitrogen and oxygen atoms in total. The number of halogens is 3. The zero-order valence-corrected chi connectivity index (χ0v) is 18.7. The SMILES string of the molecule is COc1ccc(C2CCCC3CN(C(=O)c4ccc(C(F)(F)F)cc4)CCN32)c(C)c1C. The molecule has 32 heavy (non-hydrogen) atoms. The van der Waals surface area contributed by atoms with Crippen molar-refractivity contribution in [1.82, 2.24) is 9.80 Å². The van der Waals surface area contributed by atoms with Crippen LogP contribution in [0.1, 0.15) is 57.9 Å². The van der Waals surface area contributed by atoms with Crippen molar-refractivity contribution in [3.8, 4) is 5.75 Å². The van der Waals surface area contributed by atoms with E-state index in [1.54, 1.807) is 12.0 Å². The highest BCUT2D eigenvalue weighted by Gasteiger charge is 2.38. The Kier molecular flexibility index (Phi) is 6.21. The lowest BCUT2D eigenvalue weighted by molar-refractivity contribution is -0.137. The summed E-state index contributed by atoms with van der Waals surface area (Å²) in [6.45, 7) is 6.15. The van der Waals surface area contributed by atoms with Crippen molar-refractivity contribution in [1.29, 1.82) is 0 Å². The number of carbonyl (C=O) groups is 1. The molecule has 0 spiro atoms. The van der Waals surface area contributed by atoms with Crippen LogP contribution in [0.4, 0.5) is 13.2 Å². The summed E-state index contributed by atoms with van der Waals surface area (Å²) in [5.74, 6) is 0.697. The number of piperazine rings is 1. The van der Waals surface area contributed by atoms with Crippen LogP contribution in [0.15, 0.2) is 36.4 Å². The molecule has 2 heterocycles. The zero-order chi connectivity index (χ0) is 23.0. The number of rotatable bonds is 3. The van der Waals surface area contributed by atoms with Gasteiger partial charge >= 0.3 is 6.18 Å². The van der Waals surface area contributed by atoms with E-state index in [0.717, 1.165) is 49.3 Å². The van der Waals surface area contributed by atoms with E-state index in [9.17, 15) is 18.0 Å². The number of piperidine rings is 1. The van der Waals surface area contributed by atoms with E-state index in [0.29, 0.717) is 24.7 Å². The molecule has 7 heteroatoms. The van der Waals surface area contributed by atoms with Gasteiger partial charge in [-0.3, -0.25) is 9.69 Å². The van der Waals surface area contributed by atoms with Gasteiger partial charge in [0.2, 0.25) is 0 Å². The number of fused-ring (bicyclic) bond motifs is 1. The number of ether oxygens (including phenoxy) is 1. The number of methoxy groups -OCH3 is 1. The number of carbonyl (C=O) groups excluding carboxylic acids is 1. The molecular formula is C25H29F3N2O2. The van der Waals surface area contributed by atoms with Crippen LogP contribution in [0.5, 0.6) is 5.75 Å². The first kappa shape index (κ1) is 22.6. The standard InChI is InChI=1S/C25H29F3N2O2/c1-16-17(2)23(32-3)12-11-21(16)22-6-4-5-20-15-29(13-14-30(20)22)24(31)18-7-9-19(10-8-18)25(26,27)28/h7-12,20,22H,4-6,13-15H2,1-3H3. The van der Waals surface area contributed by atoms with Crippen molar-refractivity contribution in [2.45, 2.75) is 51.4 Å². The third-order valence-corrected chi connectivity index (χ3v) is 7.05. The largest absolute Gasteiger partial charge is 0.496 e. The summed E-state index contributed by atoms with van der Waals surface area (Å²) in [6, 6.07) is 9.28. The molecule has 0 aromatic heterocycles. The van der Waals surface area contributed by atoms with Gasteiger partial charge in [-0.25, -0.2) is 0 Å². The number of hydrogen-bond donors (Lipinski definition) is 0. The van der Waals surface area contributed by atoms with Crippen LogP contribution < -0.4 is 4.74 Å². The summed E-state index contributed by atoms with van der Waals surface area (Å²) in [6.07, 6.45) is -1.22. The second kappa shape index (κ2) is 8.77. The zero-order valence-electron chi connectivity index (χ0n) is 18.7. The minimum atomic E-state index is -4.40. The molecule has 2 atom stereocenters. The van der Waals surface area contributed by atoms with Crippen LogP contribution in [0.2, 0.25) is 0 Å². The van der Waals surface area contributed by atoms with Gasteiger partial charge < -0.3 is 9.64 Å². The Bertz CT molecular complexity index is 988. The second-order valence-electron chi connectivity index (χ2n) is 8.77. The van der Waals surface area contributed by atoms with Crippen molar-refractivity contribution in [3.05, 3.63) is 64.2 Å². The van der Waals surface area contributed by atoms with Gasteiger partial charge in [-0.2, -0.15) is 13.2 Å². The average molecular weight is 447 g/mol. The highest BCUT2D eigenvalue weighted by Crippen LogP contribution is 2.39. The van der Waals surface area contributed by atoms with Crippen LogP contribution in [0.25, 0.3) is 0 Å². The first-order chi connectivity index (χ1) is 15.2. The first-order valence-electron chi connectivity index (χ1n) is 11.1. The molecule has 2 aliphatic rings. The highest BCUT2D eigenvalue weighted by atomic mass is 19.4. The van der Waals surface area contributed by atoms with E-state index < -0.39 is 11.7 Å². The number of alkyl halides is 3. The Labute approximate surface area is 187 Å². The van der Waals surface area contributed by atoms with Gasteiger partial charge in [0.1, 0.15) is 5.75 Å². The molecule has 0 bridgehead atoms. The molecule has 2 aliphatic heterocycles. The number of nitrogens with zero attached hydrogens (tertiary/aromatic N) is 2. The van der Waals surface area contributed by atoms with Crippen molar-refractivity contribution in [2.75, 3.05) is 26.7 Å². The van der Waals surface area contributed by atoms with E-state index in [1.165, 1.54) is 23.3 Å².